The quantitative estimate of drug-likeness (QED) is 0.335. The molecule has 0 radical (unpaired) electrons. The van der Waals surface area contributed by atoms with Crippen LogP contribution in [0.15, 0.2) is 48.3 Å². The molecule has 0 atom stereocenters. The molecular formula is C29H46F2N8O4. The maximum absolute atomic E-state index is 13.1. The third-order valence-electron chi connectivity index (χ3n) is 5.01. The zero-order valence-electron chi connectivity index (χ0n) is 26.5. The molecule has 0 unspecified atom stereocenters. The van der Waals surface area contributed by atoms with E-state index in [0.717, 1.165) is 0 Å². The summed E-state index contributed by atoms with van der Waals surface area (Å²) in [6.45, 7) is 16.7. The monoisotopic (exact) mass is 608 g/mol. The van der Waals surface area contributed by atoms with Crippen molar-refractivity contribution in [3.8, 4) is 0 Å². The minimum absolute atomic E-state index is 0.0339. The molecular weight excluding hydrogens is 562 g/mol. The van der Waals surface area contributed by atoms with Gasteiger partial charge in [-0.25, -0.2) is 13.6 Å². The van der Waals surface area contributed by atoms with Gasteiger partial charge in [-0.3, -0.25) is 19.0 Å². The van der Waals surface area contributed by atoms with Crippen LogP contribution in [0.3, 0.4) is 0 Å². The first-order chi connectivity index (χ1) is 19.8. The number of nitrogens with zero attached hydrogens (tertiary/aromatic N) is 4. The molecule has 0 saturated heterocycles. The molecule has 0 spiro atoms. The van der Waals surface area contributed by atoms with Gasteiger partial charge in [0, 0.05) is 36.6 Å². The van der Waals surface area contributed by atoms with Crippen molar-refractivity contribution in [2.24, 2.45) is 5.73 Å². The largest absolute Gasteiger partial charge is 0.444 e. The zero-order chi connectivity index (χ0) is 33.0. The summed E-state index contributed by atoms with van der Waals surface area (Å²) < 4.78 is 33.5. The van der Waals surface area contributed by atoms with Gasteiger partial charge in [0.1, 0.15) is 17.0 Å². The van der Waals surface area contributed by atoms with Crippen LogP contribution in [0.1, 0.15) is 83.3 Å². The molecule has 0 aliphatic rings. The Kier molecular flexibility index (Phi) is 13.7. The molecule has 0 aromatic carbocycles. The van der Waals surface area contributed by atoms with Gasteiger partial charge in [0.05, 0.1) is 25.7 Å². The van der Waals surface area contributed by atoms with Gasteiger partial charge in [-0.1, -0.05) is 0 Å². The van der Waals surface area contributed by atoms with Crippen molar-refractivity contribution in [1.29, 1.82) is 0 Å². The lowest BCUT2D eigenvalue weighted by Crippen LogP contribution is -2.41. The first-order valence-corrected chi connectivity index (χ1v) is 13.7. The van der Waals surface area contributed by atoms with Crippen molar-refractivity contribution >= 4 is 17.9 Å². The Morgan fingerprint density at radius 2 is 1.23 bits per heavy atom. The maximum Gasteiger partial charge on any atom is 0.407 e. The summed E-state index contributed by atoms with van der Waals surface area (Å²) >= 11 is 0. The summed E-state index contributed by atoms with van der Waals surface area (Å²) in [5.74, 6) is -0.543. The number of halogens is 2. The number of nitrogens with one attached hydrogen (secondary N) is 3. The second-order valence-corrected chi connectivity index (χ2v) is 12.8. The van der Waals surface area contributed by atoms with Crippen LogP contribution < -0.4 is 21.7 Å². The molecule has 2 heterocycles. The molecule has 2 aromatic rings. The van der Waals surface area contributed by atoms with Crippen LogP contribution >= 0.6 is 0 Å². The van der Waals surface area contributed by atoms with Gasteiger partial charge < -0.3 is 26.4 Å². The zero-order valence-corrected chi connectivity index (χ0v) is 26.5. The molecule has 2 aromatic heterocycles. The molecule has 240 valence electrons. The van der Waals surface area contributed by atoms with Crippen molar-refractivity contribution in [1.82, 2.24) is 35.5 Å². The van der Waals surface area contributed by atoms with Crippen molar-refractivity contribution in [3.63, 3.8) is 0 Å². The second kappa shape index (κ2) is 16.0. The average Bonchev–Trinajstić information content (AvgIpc) is 3.51. The Morgan fingerprint density at radius 1 is 0.814 bits per heavy atom. The predicted octanol–water partition coefficient (Wildman–Crippen LogP) is 4.01. The van der Waals surface area contributed by atoms with Crippen LogP contribution in [0.4, 0.5) is 13.6 Å². The van der Waals surface area contributed by atoms with Crippen molar-refractivity contribution < 1.29 is 27.9 Å². The van der Waals surface area contributed by atoms with Gasteiger partial charge in [-0.05, 0) is 85.6 Å². The van der Waals surface area contributed by atoms with E-state index in [1.165, 1.54) is 21.8 Å². The number of hydrogen-bond donors (Lipinski definition) is 4. The lowest BCUT2D eigenvalue weighted by atomic mass is 10.1. The Bertz CT molecular complexity index is 1280. The highest BCUT2D eigenvalue weighted by Gasteiger charge is 2.21. The summed E-state index contributed by atoms with van der Waals surface area (Å²) in [7, 11) is 0. The molecule has 43 heavy (non-hydrogen) atoms. The van der Waals surface area contributed by atoms with Crippen molar-refractivity contribution in [2.75, 3.05) is 13.1 Å². The second-order valence-electron chi connectivity index (χ2n) is 12.8. The molecule has 0 bridgehead atoms. The maximum atomic E-state index is 13.1. The van der Waals surface area contributed by atoms with E-state index in [1.807, 2.05) is 41.5 Å². The van der Waals surface area contributed by atoms with Crippen LogP contribution in [-0.2, 0) is 17.8 Å². The highest BCUT2D eigenvalue weighted by Crippen LogP contribution is 2.10. The van der Waals surface area contributed by atoms with Gasteiger partial charge in [0.25, 0.3) is 11.8 Å². The average molecular weight is 609 g/mol. The highest BCUT2D eigenvalue weighted by atomic mass is 19.1. The minimum Gasteiger partial charge on any atom is -0.444 e. The number of ether oxygens (including phenoxy) is 1. The fourth-order valence-corrected chi connectivity index (χ4v) is 3.27. The minimum atomic E-state index is -0.641. The third kappa shape index (κ3) is 14.6. The molecule has 12 nitrogen and oxygen atoms in total. The van der Waals surface area contributed by atoms with E-state index in [0.29, 0.717) is 29.6 Å². The first-order valence-electron chi connectivity index (χ1n) is 13.7. The number of amides is 3. The molecule has 0 saturated carbocycles. The van der Waals surface area contributed by atoms with E-state index in [2.05, 4.69) is 26.1 Å². The molecule has 14 heteroatoms. The molecule has 0 aliphatic heterocycles. The fourth-order valence-electron chi connectivity index (χ4n) is 3.27. The van der Waals surface area contributed by atoms with Crippen LogP contribution in [-0.4, -0.2) is 67.2 Å². The number of hydrogen-bond acceptors (Lipinski definition) is 7. The molecule has 2 rings (SSSR count). The Morgan fingerprint density at radius 3 is 1.58 bits per heavy atom. The SMILES string of the molecule is CC(C)(C)NC(=O)c1ccnn1C/C(=C/F)CN.CC(C)(C)NC(=O)c1ccnn1C/C(=C/F)CNC(=O)OC(C)(C)C. The summed E-state index contributed by atoms with van der Waals surface area (Å²) in [6.07, 6.45) is 3.18. The molecule has 0 aliphatic carbocycles. The number of nitrogens with two attached hydrogens (primary N) is 1. The number of carbonyl (C=O) groups is 3. The van der Waals surface area contributed by atoms with Gasteiger partial charge in [0.2, 0.25) is 0 Å². The van der Waals surface area contributed by atoms with Gasteiger partial charge in [0.15, 0.2) is 0 Å². The predicted molar refractivity (Wildman–Crippen MR) is 161 cm³/mol. The number of alkyl carbamates (subject to hydrolysis) is 1. The van der Waals surface area contributed by atoms with Gasteiger partial charge in [-0.2, -0.15) is 10.2 Å². The summed E-state index contributed by atoms with van der Waals surface area (Å²) in [6, 6.07) is 3.14. The Balaban J connectivity index is 0.000000453. The Hall–Kier alpha value is -4.07. The summed E-state index contributed by atoms with van der Waals surface area (Å²) in [4.78, 5) is 35.9. The van der Waals surface area contributed by atoms with Crippen molar-refractivity contribution in [2.45, 2.75) is 92.1 Å². The fraction of sp³-hybridized carbons (Fsp3) is 0.552. The van der Waals surface area contributed by atoms with E-state index in [-0.39, 0.29) is 49.1 Å². The van der Waals surface area contributed by atoms with E-state index < -0.39 is 17.2 Å². The number of aromatic nitrogens is 4. The first kappa shape index (κ1) is 37.0. The van der Waals surface area contributed by atoms with Crippen LogP contribution in [0.25, 0.3) is 0 Å². The highest BCUT2D eigenvalue weighted by molar-refractivity contribution is 5.93. The topological polar surface area (TPSA) is 158 Å². The van der Waals surface area contributed by atoms with Crippen molar-refractivity contribution in [3.05, 3.63) is 59.7 Å². The standard InChI is InChI=1S/C17H27FN4O3.C12H19FN4O/c1-16(2,3)21-14(23)13-7-8-20-22(13)11-12(9-18)10-19-15(24)25-17(4,5)6;1-12(2,3)16-11(18)10-4-5-15-17(10)8-9(6-13)7-14/h7-9H,10-11H2,1-6H3,(H,19,24)(H,21,23);4-6H,7-8,14H2,1-3H3,(H,16,18)/b12-9+;9-6+. The van der Waals surface area contributed by atoms with E-state index >= 15 is 0 Å². The van der Waals surface area contributed by atoms with Gasteiger partial charge >= 0.3 is 6.09 Å². The van der Waals surface area contributed by atoms with Crippen LogP contribution in [0.2, 0.25) is 0 Å². The van der Waals surface area contributed by atoms with Crippen LogP contribution in [0.5, 0.6) is 0 Å². The number of carbonyl (C=O) groups excluding carboxylic acids is 3. The smallest absolute Gasteiger partial charge is 0.407 e. The Labute approximate surface area is 252 Å². The van der Waals surface area contributed by atoms with Crippen LogP contribution in [0, 0.1) is 0 Å². The summed E-state index contributed by atoms with van der Waals surface area (Å²) in [5.41, 5.74) is 5.33. The third-order valence-corrected chi connectivity index (χ3v) is 5.01. The van der Waals surface area contributed by atoms with E-state index in [9.17, 15) is 23.2 Å². The lowest BCUT2D eigenvalue weighted by Gasteiger charge is -2.21. The lowest BCUT2D eigenvalue weighted by molar-refractivity contribution is 0.0531. The molecule has 3 amide bonds. The normalized spacial score (nSPS) is 12.7. The summed E-state index contributed by atoms with van der Waals surface area (Å²) in [5, 5.41) is 16.2. The van der Waals surface area contributed by atoms with E-state index in [1.54, 1.807) is 32.9 Å². The molecule has 0 fully saturated rings. The van der Waals surface area contributed by atoms with Gasteiger partial charge in [-0.15, -0.1) is 0 Å². The number of rotatable bonds is 9. The molecule has 5 N–H and O–H groups in total. The van der Waals surface area contributed by atoms with E-state index in [4.69, 9.17) is 10.5 Å².